The maximum Gasteiger partial charge on any atom is 0.227 e. The SMILES string of the molecule is CC(C)OCCCCNC(=O)C1(C)CCCNC1. The zero-order chi connectivity index (χ0) is 13.4. The van der Waals surface area contributed by atoms with Gasteiger partial charge >= 0.3 is 0 Å². The molecule has 4 nitrogen and oxygen atoms in total. The number of rotatable bonds is 7. The van der Waals surface area contributed by atoms with E-state index in [1.54, 1.807) is 0 Å². The first-order chi connectivity index (χ1) is 8.54. The summed E-state index contributed by atoms with van der Waals surface area (Å²) < 4.78 is 5.46. The van der Waals surface area contributed by atoms with Crippen molar-refractivity contribution in [2.24, 2.45) is 5.41 Å². The molecule has 0 saturated carbocycles. The zero-order valence-electron chi connectivity index (χ0n) is 12.1. The van der Waals surface area contributed by atoms with E-state index in [-0.39, 0.29) is 11.3 Å². The van der Waals surface area contributed by atoms with Gasteiger partial charge in [0.05, 0.1) is 11.5 Å². The predicted molar refractivity (Wildman–Crippen MR) is 73.5 cm³/mol. The third kappa shape index (κ3) is 5.36. The first kappa shape index (κ1) is 15.4. The molecule has 0 aliphatic carbocycles. The Labute approximate surface area is 111 Å². The van der Waals surface area contributed by atoms with Gasteiger partial charge in [-0.3, -0.25) is 4.79 Å². The van der Waals surface area contributed by atoms with E-state index < -0.39 is 0 Å². The summed E-state index contributed by atoms with van der Waals surface area (Å²) >= 11 is 0. The first-order valence-electron chi connectivity index (χ1n) is 7.15. The molecule has 1 atom stereocenters. The molecule has 0 aromatic rings. The van der Waals surface area contributed by atoms with Crippen LogP contribution < -0.4 is 10.6 Å². The highest BCUT2D eigenvalue weighted by Crippen LogP contribution is 2.25. The van der Waals surface area contributed by atoms with Crippen LogP contribution in [0.5, 0.6) is 0 Å². The molecule has 4 heteroatoms. The summed E-state index contributed by atoms with van der Waals surface area (Å²) in [6.07, 6.45) is 4.37. The molecule has 1 aliphatic heterocycles. The lowest BCUT2D eigenvalue weighted by molar-refractivity contribution is -0.131. The standard InChI is InChI=1S/C14H28N2O2/c1-12(2)18-10-5-4-9-16-13(17)14(3)7-6-8-15-11-14/h12,15H,4-11H2,1-3H3,(H,16,17). The molecule has 18 heavy (non-hydrogen) atoms. The van der Waals surface area contributed by atoms with Crippen LogP contribution in [0, 0.1) is 5.41 Å². The summed E-state index contributed by atoms with van der Waals surface area (Å²) in [5.41, 5.74) is -0.216. The van der Waals surface area contributed by atoms with Gasteiger partial charge in [-0.2, -0.15) is 0 Å². The van der Waals surface area contributed by atoms with Crippen molar-refractivity contribution in [1.29, 1.82) is 0 Å². The number of piperidine rings is 1. The molecule has 106 valence electrons. The van der Waals surface area contributed by atoms with Crippen LogP contribution in [0.15, 0.2) is 0 Å². The number of hydrogen-bond acceptors (Lipinski definition) is 3. The summed E-state index contributed by atoms with van der Waals surface area (Å²) in [5, 5.41) is 6.35. The van der Waals surface area contributed by atoms with E-state index in [2.05, 4.69) is 17.6 Å². The molecule has 2 N–H and O–H groups in total. The first-order valence-corrected chi connectivity index (χ1v) is 7.15. The number of carbonyl (C=O) groups is 1. The smallest absolute Gasteiger partial charge is 0.227 e. The molecule has 0 spiro atoms. The number of ether oxygens (including phenoxy) is 1. The fourth-order valence-corrected chi connectivity index (χ4v) is 2.21. The summed E-state index contributed by atoms with van der Waals surface area (Å²) in [7, 11) is 0. The number of hydrogen-bond donors (Lipinski definition) is 2. The minimum absolute atomic E-state index is 0.194. The largest absolute Gasteiger partial charge is 0.379 e. The molecule has 1 rings (SSSR count). The Balaban J connectivity index is 2.09. The van der Waals surface area contributed by atoms with E-state index in [1.165, 1.54) is 0 Å². The fourth-order valence-electron chi connectivity index (χ4n) is 2.21. The molecule has 1 heterocycles. The van der Waals surface area contributed by atoms with Crippen molar-refractivity contribution in [3.63, 3.8) is 0 Å². The Kier molecular flexibility index (Phi) is 6.65. The Morgan fingerprint density at radius 3 is 2.83 bits per heavy atom. The topological polar surface area (TPSA) is 50.4 Å². The van der Waals surface area contributed by atoms with Crippen molar-refractivity contribution in [3.8, 4) is 0 Å². The van der Waals surface area contributed by atoms with E-state index in [4.69, 9.17) is 4.74 Å². The molecule has 1 amide bonds. The van der Waals surface area contributed by atoms with E-state index in [9.17, 15) is 4.79 Å². The lowest BCUT2D eigenvalue weighted by Crippen LogP contribution is -2.48. The van der Waals surface area contributed by atoms with Crippen LogP contribution in [-0.4, -0.2) is 38.3 Å². The van der Waals surface area contributed by atoms with E-state index in [1.807, 2.05) is 13.8 Å². The molecule has 0 aromatic carbocycles. The number of carbonyl (C=O) groups excluding carboxylic acids is 1. The van der Waals surface area contributed by atoms with Crippen molar-refractivity contribution < 1.29 is 9.53 Å². The van der Waals surface area contributed by atoms with E-state index >= 15 is 0 Å². The minimum atomic E-state index is -0.216. The molecular formula is C14H28N2O2. The highest BCUT2D eigenvalue weighted by atomic mass is 16.5. The van der Waals surface area contributed by atoms with Crippen LogP contribution in [0.4, 0.5) is 0 Å². The Morgan fingerprint density at radius 1 is 1.44 bits per heavy atom. The predicted octanol–water partition coefficient (Wildman–Crippen LogP) is 1.70. The third-order valence-electron chi connectivity index (χ3n) is 3.45. The van der Waals surface area contributed by atoms with Crippen LogP contribution in [0.2, 0.25) is 0 Å². The molecule has 0 radical (unpaired) electrons. The normalized spacial score (nSPS) is 24.2. The van der Waals surface area contributed by atoms with Gasteiger partial charge < -0.3 is 15.4 Å². The zero-order valence-corrected chi connectivity index (χ0v) is 12.1. The number of nitrogens with one attached hydrogen (secondary N) is 2. The summed E-state index contributed by atoms with van der Waals surface area (Å²) in [6, 6.07) is 0. The van der Waals surface area contributed by atoms with Crippen molar-refractivity contribution in [3.05, 3.63) is 0 Å². The second-order valence-electron chi connectivity index (χ2n) is 5.72. The minimum Gasteiger partial charge on any atom is -0.379 e. The van der Waals surface area contributed by atoms with Crippen LogP contribution in [0.3, 0.4) is 0 Å². The summed E-state index contributed by atoms with van der Waals surface area (Å²) in [4.78, 5) is 12.1. The summed E-state index contributed by atoms with van der Waals surface area (Å²) in [5.74, 6) is 0.194. The second-order valence-corrected chi connectivity index (χ2v) is 5.72. The van der Waals surface area contributed by atoms with Gasteiger partial charge in [-0.25, -0.2) is 0 Å². The quantitative estimate of drug-likeness (QED) is 0.682. The summed E-state index contributed by atoms with van der Waals surface area (Å²) in [6.45, 7) is 9.51. The van der Waals surface area contributed by atoms with Crippen molar-refractivity contribution in [1.82, 2.24) is 10.6 Å². The van der Waals surface area contributed by atoms with E-state index in [0.717, 1.165) is 51.9 Å². The van der Waals surface area contributed by atoms with Gasteiger partial charge in [-0.05, 0) is 53.0 Å². The van der Waals surface area contributed by atoms with Crippen LogP contribution >= 0.6 is 0 Å². The lowest BCUT2D eigenvalue weighted by Gasteiger charge is -2.32. The average molecular weight is 256 g/mol. The lowest BCUT2D eigenvalue weighted by atomic mass is 9.82. The molecule has 1 fully saturated rings. The van der Waals surface area contributed by atoms with Gasteiger partial charge in [0.1, 0.15) is 0 Å². The Morgan fingerprint density at radius 2 is 2.22 bits per heavy atom. The molecule has 1 aliphatic rings. The number of unbranched alkanes of at least 4 members (excludes halogenated alkanes) is 1. The van der Waals surface area contributed by atoms with Crippen LogP contribution in [0.25, 0.3) is 0 Å². The molecule has 1 unspecified atom stereocenters. The van der Waals surface area contributed by atoms with Gasteiger partial charge in [-0.1, -0.05) is 0 Å². The third-order valence-corrected chi connectivity index (χ3v) is 3.45. The van der Waals surface area contributed by atoms with Gasteiger partial charge in [-0.15, -0.1) is 0 Å². The van der Waals surface area contributed by atoms with E-state index in [0.29, 0.717) is 6.10 Å². The highest BCUT2D eigenvalue weighted by Gasteiger charge is 2.34. The second kappa shape index (κ2) is 7.74. The van der Waals surface area contributed by atoms with Crippen LogP contribution in [-0.2, 0) is 9.53 Å². The number of amides is 1. The molecular weight excluding hydrogens is 228 g/mol. The maximum atomic E-state index is 12.1. The Hall–Kier alpha value is -0.610. The van der Waals surface area contributed by atoms with Gasteiger partial charge in [0.15, 0.2) is 0 Å². The van der Waals surface area contributed by atoms with Gasteiger partial charge in [0.2, 0.25) is 5.91 Å². The van der Waals surface area contributed by atoms with Crippen molar-refractivity contribution >= 4 is 5.91 Å². The molecule has 1 saturated heterocycles. The molecule has 0 bridgehead atoms. The monoisotopic (exact) mass is 256 g/mol. The Bertz CT molecular complexity index is 248. The van der Waals surface area contributed by atoms with Crippen molar-refractivity contribution in [2.45, 2.75) is 52.6 Å². The van der Waals surface area contributed by atoms with Crippen molar-refractivity contribution in [2.75, 3.05) is 26.2 Å². The molecule has 0 aromatic heterocycles. The van der Waals surface area contributed by atoms with Crippen LogP contribution in [0.1, 0.15) is 46.5 Å². The van der Waals surface area contributed by atoms with Gasteiger partial charge in [0, 0.05) is 19.7 Å². The van der Waals surface area contributed by atoms with Gasteiger partial charge in [0.25, 0.3) is 0 Å². The maximum absolute atomic E-state index is 12.1. The fraction of sp³-hybridized carbons (Fsp3) is 0.929. The highest BCUT2D eigenvalue weighted by molar-refractivity contribution is 5.82. The average Bonchev–Trinajstić information content (AvgIpc) is 2.34.